The fraction of sp³-hybridized carbons (Fsp3) is 0.318. The van der Waals surface area contributed by atoms with Gasteiger partial charge in [-0.2, -0.15) is 0 Å². The van der Waals surface area contributed by atoms with Gasteiger partial charge in [0.1, 0.15) is 5.75 Å². The van der Waals surface area contributed by atoms with Gasteiger partial charge in [-0.1, -0.05) is 53.7 Å². The Morgan fingerprint density at radius 2 is 1.93 bits per heavy atom. The standard InChI is InChI=1S/C22H24N4O2S/c1-14-3-5-17(6-4-14)21-24-22(26-25-21)29-13-19(27)23-20(15-7-8-15)16-9-11-18(28-2)12-10-16/h3-6,9-12,15,20H,7-8,13H2,1-2H3,(H,23,27)(H,24,25,26). The first kappa shape index (κ1) is 19.5. The van der Waals surface area contributed by atoms with Gasteiger partial charge in [-0.05, 0) is 43.4 Å². The molecule has 150 valence electrons. The highest BCUT2D eigenvalue weighted by Gasteiger charge is 2.33. The molecule has 1 aliphatic rings. The van der Waals surface area contributed by atoms with Crippen LogP contribution in [0.4, 0.5) is 0 Å². The number of ether oxygens (including phenoxy) is 1. The molecule has 1 fully saturated rings. The molecule has 3 aromatic rings. The van der Waals surface area contributed by atoms with Gasteiger partial charge in [0, 0.05) is 5.56 Å². The van der Waals surface area contributed by atoms with Crippen LogP contribution in [0.3, 0.4) is 0 Å². The van der Waals surface area contributed by atoms with Crippen molar-refractivity contribution in [1.82, 2.24) is 20.5 Å². The summed E-state index contributed by atoms with van der Waals surface area (Å²) in [6, 6.07) is 16.1. The first-order valence-electron chi connectivity index (χ1n) is 9.68. The molecule has 1 amide bonds. The van der Waals surface area contributed by atoms with E-state index >= 15 is 0 Å². The number of thioether (sulfide) groups is 1. The van der Waals surface area contributed by atoms with Gasteiger partial charge in [-0.15, -0.1) is 5.10 Å². The van der Waals surface area contributed by atoms with Crippen molar-refractivity contribution in [1.29, 1.82) is 0 Å². The number of amides is 1. The molecule has 2 N–H and O–H groups in total. The number of hydrogen-bond acceptors (Lipinski definition) is 5. The lowest BCUT2D eigenvalue weighted by Gasteiger charge is -2.19. The monoisotopic (exact) mass is 408 g/mol. The Kier molecular flexibility index (Phi) is 5.85. The maximum atomic E-state index is 12.5. The predicted molar refractivity (Wildman–Crippen MR) is 114 cm³/mol. The molecule has 0 radical (unpaired) electrons. The fourth-order valence-electron chi connectivity index (χ4n) is 3.21. The number of aromatic amines is 1. The van der Waals surface area contributed by atoms with E-state index < -0.39 is 0 Å². The zero-order chi connectivity index (χ0) is 20.2. The molecule has 1 atom stereocenters. The third kappa shape index (κ3) is 4.98. The lowest BCUT2D eigenvalue weighted by Crippen LogP contribution is -2.31. The second-order valence-electron chi connectivity index (χ2n) is 7.28. The van der Waals surface area contributed by atoms with Gasteiger partial charge in [0.2, 0.25) is 11.1 Å². The van der Waals surface area contributed by atoms with Crippen LogP contribution in [0.1, 0.15) is 30.0 Å². The van der Waals surface area contributed by atoms with E-state index in [0.29, 0.717) is 16.9 Å². The Morgan fingerprint density at radius 3 is 2.59 bits per heavy atom. The van der Waals surface area contributed by atoms with Crippen LogP contribution in [0, 0.1) is 12.8 Å². The smallest absolute Gasteiger partial charge is 0.230 e. The van der Waals surface area contributed by atoms with Gasteiger partial charge >= 0.3 is 0 Å². The minimum Gasteiger partial charge on any atom is -0.497 e. The lowest BCUT2D eigenvalue weighted by atomic mass is 10.0. The molecule has 1 unspecified atom stereocenters. The van der Waals surface area contributed by atoms with Gasteiger partial charge in [-0.25, -0.2) is 4.98 Å². The van der Waals surface area contributed by atoms with Crippen molar-refractivity contribution >= 4 is 17.7 Å². The van der Waals surface area contributed by atoms with Crippen LogP contribution < -0.4 is 10.1 Å². The molecular weight excluding hydrogens is 384 g/mol. The van der Waals surface area contributed by atoms with Gasteiger partial charge in [0.15, 0.2) is 5.82 Å². The summed E-state index contributed by atoms with van der Waals surface area (Å²) in [6.45, 7) is 2.05. The topological polar surface area (TPSA) is 79.9 Å². The maximum absolute atomic E-state index is 12.5. The van der Waals surface area contributed by atoms with Crippen LogP contribution >= 0.6 is 11.8 Å². The molecule has 1 heterocycles. The quantitative estimate of drug-likeness (QED) is 0.548. The van der Waals surface area contributed by atoms with Crippen molar-refractivity contribution < 1.29 is 9.53 Å². The zero-order valence-corrected chi connectivity index (χ0v) is 17.3. The summed E-state index contributed by atoms with van der Waals surface area (Å²) in [6.07, 6.45) is 2.29. The van der Waals surface area contributed by atoms with Crippen LogP contribution in [-0.4, -0.2) is 34.0 Å². The van der Waals surface area contributed by atoms with Crippen molar-refractivity contribution in [2.45, 2.75) is 31.0 Å². The molecule has 4 rings (SSSR count). The number of carbonyl (C=O) groups excluding carboxylic acids is 1. The fourth-order valence-corrected chi connectivity index (χ4v) is 3.82. The number of benzene rings is 2. The molecule has 0 aliphatic heterocycles. The van der Waals surface area contributed by atoms with Crippen LogP contribution in [-0.2, 0) is 4.79 Å². The number of H-pyrrole nitrogens is 1. The van der Waals surface area contributed by atoms with Crippen molar-refractivity contribution in [3.8, 4) is 17.1 Å². The first-order chi connectivity index (χ1) is 14.1. The van der Waals surface area contributed by atoms with Crippen molar-refractivity contribution in [3.63, 3.8) is 0 Å². The second kappa shape index (κ2) is 8.69. The molecule has 2 aromatic carbocycles. The molecule has 0 bridgehead atoms. The SMILES string of the molecule is COc1ccc(C(NC(=O)CSc2n[nH]c(-c3ccc(C)cc3)n2)C2CC2)cc1. The normalized spacial score (nSPS) is 14.4. The minimum atomic E-state index is -0.00981. The summed E-state index contributed by atoms with van der Waals surface area (Å²) >= 11 is 1.34. The molecule has 7 heteroatoms. The highest BCUT2D eigenvalue weighted by molar-refractivity contribution is 7.99. The Bertz CT molecular complexity index is 965. The maximum Gasteiger partial charge on any atom is 0.230 e. The summed E-state index contributed by atoms with van der Waals surface area (Å²) in [4.78, 5) is 17.0. The molecule has 1 aromatic heterocycles. The van der Waals surface area contributed by atoms with Gasteiger partial charge in [-0.3, -0.25) is 9.89 Å². The summed E-state index contributed by atoms with van der Waals surface area (Å²) in [5.74, 6) is 2.31. The highest BCUT2D eigenvalue weighted by atomic mass is 32.2. The molecule has 6 nitrogen and oxygen atoms in total. The van der Waals surface area contributed by atoms with E-state index in [1.54, 1.807) is 7.11 Å². The number of nitrogens with zero attached hydrogens (tertiary/aromatic N) is 2. The number of aromatic nitrogens is 3. The van der Waals surface area contributed by atoms with Gasteiger partial charge in [0.25, 0.3) is 0 Å². The second-order valence-corrected chi connectivity index (χ2v) is 8.22. The van der Waals surface area contributed by atoms with E-state index in [4.69, 9.17) is 4.74 Å². The largest absolute Gasteiger partial charge is 0.497 e. The van der Waals surface area contributed by atoms with E-state index in [1.807, 2.05) is 55.5 Å². The third-order valence-corrected chi connectivity index (χ3v) is 5.85. The van der Waals surface area contributed by atoms with Gasteiger partial charge < -0.3 is 10.1 Å². The molecular formula is C22H24N4O2S. The number of aryl methyl sites for hydroxylation is 1. The predicted octanol–water partition coefficient (Wildman–Crippen LogP) is 4.15. The summed E-state index contributed by atoms with van der Waals surface area (Å²) in [5, 5.41) is 10.9. The Labute approximate surface area is 174 Å². The Balaban J connectivity index is 1.34. The average molecular weight is 409 g/mol. The van der Waals surface area contributed by atoms with Crippen LogP contribution in [0.25, 0.3) is 11.4 Å². The molecule has 0 saturated heterocycles. The highest BCUT2D eigenvalue weighted by Crippen LogP contribution is 2.41. The minimum absolute atomic E-state index is 0.00981. The van der Waals surface area contributed by atoms with E-state index in [9.17, 15) is 4.79 Å². The average Bonchev–Trinajstić information content (AvgIpc) is 3.48. The molecule has 1 saturated carbocycles. The molecule has 29 heavy (non-hydrogen) atoms. The van der Waals surface area contributed by atoms with Gasteiger partial charge in [0.05, 0.1) is 18.9 Å². The van der Waals surface area contributed by atoms with E-state index in [1.165, 1.54) is 17.3 Å². The third-order valence-electron chi connectivity index (χ3n) is 5.01. The number of carbonyl (C=O) groups is 1. The Hall–Kier alpha value is -2.80. The van der Waals surface area contributed by atoms with E-state index in [-0.39, 0.29) is 17.7 Å². The van der Waals surface area contributed by atoms with Crippen molar-refractivity contribution in [2.75, 3.05) is 12.9 Å². The number of rotatable bonds is 8. The van der Waals surface area contributed by atoms with E-state index in [2.05, 4.69) is 20.5 Å². The van der Waals surface area contributed by atoms with E-state index in [0.717, 1.165) is 29.7 Å². The van der Waals surface area contributed by atoms with Crippen molar-refractivity contribution in [2.24, 2.45) is 5.92 Å². The zero-order valence-electron chi connectivity index (χ0n) is 16.5. The van der Waals surface area contributed by atoms with Crippen LogP contribution in [0.5, 0.6) is 5.75 Å². The number of hydrogen-bond donors (Lipinski definition) is 2. The summed E-state index contributed by atoms with van der Waals surface area (Å²) < 4.78 is 5.23. The van der Waals surface area contributed by atoms with Crippen LogP contribution in [0.15, 0.2) is 53.7 Å². The number of methoxy groups -OCH3 is 1. The first-order valence-corrected chi connectivity index (χ1v) is 10.7. The summed E-state index contributed by atoms with van der Waals surface area (Å²) in [5.41, 5.74) is 3.29. The Morgan fingerprint density at radius 1 is 1.21 bits per heavy atom. The number of nitrogens with one attached hydrogen (secondary N) is 2. The lowest BCUT2D eigenvalue weighted by molar-refractivity contribution is -0.119. The van der Waals surface area contributed by atoms with Crippen molar-refractivity contribution in [3.05, 3.63) is 59.7 Å². The van der Waals surface area contributed by atoms with Crippen LogP contribution in [0.2, 0.25) is 0 Å². The summed E-state index contributed by atoms with van der Waals surface area (Å²) in [7, 11) is 1.65. The molecule has 1 aliphatic carbocycles. The molecule has 0 spiro atoms.